The van der Waals surface area contributed by atoms with Crippen LogP contribution in [-0.4, -0.2) is 8.42 Å². The molecule has 0 heterocycles. The molecule has 2 aromatic carbocycles. The second-order valence-corrected chi connectivity index (χ2v) is 5.55. The topological polar surface area (TPSA) is 72.2 Å². The van der Waals surface area contributed by atoms with Crippen LogP contribution in [-0.2, 0) is 16.6 Å². The predicted molar refractivity (Wildman–Crippen MR) is 71.5 cm³/mol. The summed E-state index contributed by atoms with van der Waals surface area (Å²) >= 11 is 0. The van der Waals surface area contributed by atoms with Crippen LogP contribution >= 0.6 is 0 Å². The Morgan fingerprint density at radius 2 is 1.68 bits per heavy atom. The largest absolute Gasteiger partial charge is 0.380 e. The quantitative estimate of drug-likeness (QED) is 0.900. The van der Waals surface area contributed by atoms with E-state index in [0.29, 0.717) is 12.2 Å². The van der Waals surface area contributed by atoms with Crippen LogP contribution in [0.25, 0.3) is 0 Å². The van der Waals surface area contributed by atoms with Crippen molar-refractivity contribution in [2.45, 2.75) is 11.4 Å². The van der Waals surface area contributed by atoms with Crippen molar-refractivity contribution in [1.82, 2.24) is 0 Å². The van der Waals surface area contributed by atoms with Gasteiger partial charge in [-0.25, -0.2) is 17.9 Å². The summed E-state index contributed by atoms with van der Waals surface area (Å²) in [6.45, 7) is 0.382. The first-order valence-corrected chi connectivity index (χ1v) is 7.11. The van der Waals surface area contributed by atoms with E-state index in [4.69, 9.17) is 5.14 Å². The molecule has 3 N–H and O–H groups in total. The van der Waals surface area contributed by atoms with E-state index >= 15 is 0 Å². The Labute approximate surface area is 111 Å². The molecule has 0 unspecified atom stereocenters. The van der Waals surface area contributed by atoms with Crippen LogP contribution in [0, 0.1) is 5.82 Å². The lowest BCUT2D eigenvalue weighted by Crippen LogP contribution is -2.15. The Balaban J connectivity index is 2.18. The average molecular weight is 280 g/mol. The molecule has 0 fully saturated rings. The van der Waals surface area contributed by atoms with Gasteiger partial charge in [-0.3, -0.25) is 0 Å². The first-order chi connectivity index (χ1) is 8.97. The third-order valence-corrected chi connectivity index (χ3v) is 3.56. The highest BCUT2D eigenvalue weighted by Gasteiger charge is 2.12. The van der Waals surface area contributed by atoms with Gasteiger partial charge in [0.25, 0.3) is 0 Å². The molecule has 0 saturated heterocycles. The van der Waals surface area contributed by atoms with E-state index in [-0.39, 0.29) is 10.7 Å². The second-order valence-electron chi connectivity index (χ2n) is 4.02. The molecule has 0 amide bonds. The monoisotopic (exact) mass is 280 g/mol. The SMILES string of the molecule is NS(=O)(=O)c1ccccc1NCc1ccc(F)cc1. The van der Waals surface area contributed by atoms with Crippen molar-refractivity contribution in [2.24, 2.45) is 5.14 Å². The van der Waals surface area contributed by atoms with E-state index in [9.17, 15) is 12.8 Å². The molecule has 0 aliphatic rings. The zero-order valence-corrected chi connectivity index (χ0v) is 10.8. The predicted octanol–water partition coefficient (Wildman–Crippen LogP) is 2.09. The maximum absolute atomic E-state index is 12.8. The molecular formula is C13H13FN2O2S. The minimum Gasteiger partial charge on any atom is -0.380 e. The van der Waals surface area contributed by atoms with E-state index in [1.54, 1.807) is 30.3 Å². The molecule has 4 nitrogen and oxygen atoms in total. The first-order valence-electron chi connectivity index (χ1n) is 5.57. The molecule has 100 valence electrons. The van der Waals surface area contributed by atoms with Gasteiger partial charge in [0.1, 0.15) is 10.7 Å². The molecule has 0 atom stereocenters. The minimum absolute atomic E-state index is 0.0390. The standard InChI is InChI=1S/C13H13FN2O2S/c14-11-7-5-10(6-8-11)9-16-12-3-1-2-4-13(12)19(15,17)18/h1-8,16H,9H2,(H2,15,17,18). The van der Waals surface area contributed by atoms with Gasteiger partial charge in [0.15, 0.2) is 0 Å². The van der Waals surface area contributed by atoms with Crippen molar-refractivity contribution in [3.05, 3.63) is 59.9 Å². The Hall–Kier alpha value is -1.92. The molecule has 0 aliphatic heterocycles. The number of hydrogen-bond acceptors (Lipinski definition) is 3. The van der Waals surface area contributed by atoms with E-state index in [0.717, 1.165) is 5.56 Å². The fourth-order valence-electron chi connectivity index (χ4n) is 1.66. The Morgan fingerprint density at radius 3 is 2.32 bits per heavy atom. The highest BCUT2D eigenvalue weighted by atomic mass is 32.2. The van der Waals surface area contributed by atoms with E-state index in [1.807, 2.05) is 0 Å². The van der Waals surface area contributed by atoms with Crippen molar-refractivity contribution >= 4 is 15.7 Å². The summed E-state index contributed by atoms with van der Waals surface area (Å²) in [5, 5.41) is 8.10. The fraction of sp³-hybridized carbons (Fsp3) is 0.0769. The van der Waals surface area contributed by atoms with Crippen LogP contribution in [0.1, 0.15) is 5.56 Å². The number of rotatable bonds is 4. The van der Waals surface area contributed by atoms with E-state index in [2.05, 4.69) is 5.32 Å². The van der Waals surface area contributed by atoms with Gasteiger partial charge in [0.05, 0.1) is 5.69 Å². The van der Waals surface area contributed by atoms with E-state index < -0.39 is 10.0 Å². The number of nitrogens with one attached hydrogen (secondary N) is 1. The molecular weight excluding hydrogens is 267 g/mol. The fourth-order valence-corrected chi connectivity index (χ4v) is 2.38. The molecule has 0 radical (unpaired) electrons. The number of hydrogen-bond donors (Lipinski definition) is 2. The summed E-state index contributed by atoms with van der Waals surface area (Å²) in [6, 6.07) is 12.3. The van der Waals surface area contributed by atoms with Gasteiger partial charge < -0.3 is 5.32 Å². The summed E-state index contributed by atoms with van der Waals surface area (Å²) in [5.74, 6) is -0.311. The Morgan fingerprint density at radius 1 is 1.05 bits per heavy atom. The van der Waals surface area contributed by atoms with Crippen LogP contribution in [0.15, 0.2) is 53.4 Å². The van der Waals surface area contributed by atoms with Gasteiger partial charge in [-0.1, -0.05) is 24.3 Å². The van der Waals surface area contributed by atoms with Gasteiger partial charge in [-0.2, -0.15) is 0 Å². The van der Waals surface area contributed by atoms with Crippen molar-refractivity contribution in [1.29, 1.82) is 0 Å². The number of anilines is 1. The summed E-state index contributed by atoms with van der Waals surface area (Å²) in [5.41, 5.74) is 1.26. The van der Waals surface area contributed by atoms with Crippen LogP contribution in [0.3, 0.4) is 0 Å². The van der Waals surface area contributed by atoms with Gasteiger partial charge in [0.2, 0.25) is 10.0 Å². The zero-order chi connectivity index (χ0) is 13.9. The van der Waals surface area contributed by atoms with Crippen LogP contribution < -0.4 is 10.5 Å². The number of halogens is 1. The van der Waals surface area contributed by atoms with Crippen molar-refractivity contribution in [2.75, 3.05) is 5.32 Å². The number of primary sulfonamides is 1. The maximum Gasteiger partial charge on any atom is 0.240 e. The summed E-state index contributed by atoms with van der Waals surface area (Å²) in [6.07, 6.45) is 0. The summed E-state index contributed by atoms with van der Waals surface area (Å²) < 4.78 is 35.5. The summed E-state index contributed by atoms with van der Waals surface area (Å²) in [7, 11) is -3.77. The van der Waals surface area contributed by atoms with Crippen molar-refractivity contribution in [3.8, 4) is 0 Å². The smallest absolute Gasteiger partial charge is 0.240 e. The number of benzene rings is 2. The van der Waals surface area contributed by atoms with Crippen LogP contribution in [0.2, 0.25) is 0 Å². The van der Waals surface area contributed by atoms with Crippen molar-refractivity contribution in [3.63, 3.8) is 0 Å². The third-order valence-electron chi connectivity index (χ3n) is 2.59. The lowest BCUT2D eigenvalue weighted by atomic mass is 10.2. The molecule has 0 aromatic heterocycles. The van der Waals surface area contributed by atoms with Crippen molar-refractivity contribution < 1.29 is 12.8 Å². The third kappa shape index (κ3) is 3.52. The van der Waals surface area contributed by atoms with Gasteiger partial charge in [0, 0.05) is 6.54 Å². The first kappa shape index (κ1) is 13.5. The molecule has 6 heteroatoms. The summed E-state index contributed by atoms with van der Waals surface area (Å²) in [4.78, 5) is 0.0390. The number of sulfonamides is 1. The van der Waals surface area contributed by atoms with Gasteiger partial charge in [-0.15, -0.1) is 0 Å². The highest BCUT2D eigenvalue weighted by Crippen LogP contribution is 2.20. The molecule has 0 aliphatic carbocycles. The lowest BCUT2D eigenvalue weighted by molar-refractivity contribution is 0.598. The second kappa shape index (κ2) is 5.38. The minimum atomic E-state index is -3.77. The lowest BCUT2D eigenvalue weighted by Gasteiger charge is -2.10. The van der Waals surface area contributed by atoms with Gasteiger partial charge >= 0.3 is 0 Å². The number of para-hydroxylation sites is 1. The van der Waals surface area contributed by atoms with Crippen LogP contribution in [0.5, 0.6) is 0 Å². The molecule has 2 aromatic rings. The molecule has 19 heavy (non-hydrogen) atoms. The molecule has 0 spiro atoms. The number of nitrogens with two attached hydrogens (primary N) is 1. The molecule has 2 rings (SSSR count). The Bertz CT molecular complexity index is 669. The Kier molecular flexibility index (Phi) is 3.82. The highest BCUT2D eigenvalue weighted by molar-refractivity contribution is 7.89. The van der Waals surface area contributed by atoms with Crippen LogP contribution in [0.4, 0.5) is 10.1 Å². The normalized spacial score (nSPS) is 11.3. The maximum atomic E-state index is 12.8. The zero-order valence-electron chi connectivity index (χ0n) is 10.0. The van der Waals surface area contributed by atoms with E-state index in [1.165, 1.54) is 18.2 Å². The average Bonchev–Trinajstić information content (AvgIpc) is 2.37. The molecule has 0 saturated carbocycles. The molecule has 0 bridgehead atoms. The van der Waals surface area contributed by atoms with Gasteiger partial charge in [-0.05, 0) is 29.8 Å².